The van der Waals surface area contributed by atoms with Gasteiger partial charge in [-0.3, -0.25) is 14.4 Å². The first-order chi connectivity index (χ1) is 14.5. The predicted molar refractivity (Wildman–Crippen MR) is 106 cm³/mol. The summed E-state index contributed by atoms with van der Waals surface area (Å²) >= 11 is 0. The van der Waals surface area contributed by atoms with Crippen molar-refractivity contribution in [2.75, 3.05) is 38.3 Å². The average molecular weight is 409 g/mol. The third-order valence-corrected chi connectivity index (χ3v) is 5.72. The van der Waals surface area contributed by atoms with E-state index in [4.69, 9.17) is 9.47 Å². The molecule has 0 saturated carbocycles. The highest BCUT2D eigenvalue weighted by Gasteiger charge is 2.40. The minimum Gasteiger partial charge on any atom is -0.454 e. The number of hydrogen-bond donors (Lipinski definition) is 2. The third kappa shape index (κ3) is 2.94. The minimum atomic E-state index is -0.719. The van der Waals surface area contributed by atoms with E-state index in [-0.39, 0.29) is 37.6 Å². The molecule has 2 aromatic carbocycles. The number of nitrogens with zero attached hydrogens (tertiary/aromatic N) is 2. The van der Waals surface area contributed by atoms with Gasteiger partial charge < -0.3 is 30.3 Å². The summed E-state index contributed by atoms with van der Waals surface area (Å²) in [4.78, 5) is 41.3. The Morgan fingerprint density at radius 3 is 2.67 bits per heavy atom. The number of fused-ring (bicyclic) bond motifs is 3. The molecular weight excluding hydrogens is 388 g/mol. The van der Waals surface area contributed by atoms with Crippen molar-refractivity contribution in [1.29, 1.82) is 0 Å². The molecule has 1 atom stereocenters. The lowest BCUT2D eigenvalue weighted by molar-refractivity contribution is -0.357. The van der Waals surface area contributed by atoms with Crippen molar-refractivity contribution in [1.82, 2.24) is 9.80 Å². The van der Waals surface area contributed by atoms with E-state index in [0.717, 1.165) is 11.1 Å². The number of hydrogen-bond acceptors (Lipinski definition) is 5. The van der Waals surface area contributed by atoms with E-state index in [1.54, 1.807) is 21.9 Å². The number of piperazine rings is 1. The van der Waals surface area contributed by atoms with Crippen LogP contribution in [0.15, 0.2) is 36.4 Å². The molecule has 0 unspecified atom stereocenters. The van der Waals surface area contributed by atoms with E-state index in [9.17, 15) is 14.4 Å². The van der Waals surface area contributed by atoms with Gasteiger partial charge in [-0.25, -0.2) is 0 Å². The fraction of sp³-hybridized carbons (Fsp3) is 0.286. The van der Waals surface area contributed by atoms with Crippen LogP contribution in [0.3, 0.4) is 0 Å². The van der Waals surface area contributed by atoms with E-state index in [0.29, 0.717) is 35.8 Å². The van der Waals surface area contributed by atoms with Gasteiger partial charge in [0.05, 0.1) is 17.8 Å². The summed E-state index contributed by atoms with van der Waals surface area (Å²) in [6, 6.07) is 10.3. The molecule has 0 bridgehead atoms. The second-order valence-electron chi connectivity index (χ2n) is 7.42. The molecule has 30 heavy (non-hydrogen) atoms. The Labute approximate surface area is 172 Å². The SMILES string of the molecule is [NH3+]CC(=O)N1CCN2C(=O)c3cc(-c4ccc5c(c4)OCO5)ccc3NC(=O)[C@@H]2C1. The van der Waals surface area contributed by atoms with E-state index in [1.807, 2.05) is 24.3 Å². The highest BCUT2D eigenvalue weighted by molar-refractivity contribution is 6.10. The maximum atomic E-state index is 13.3. The van der Waals surface area contributed by atoms with Gasteiger partial charge in [0.2, 0.25) is 12.7 Å². The molecule has 3 aliphatic heterocycles. The zero-order valence-corrected chi connectivity index (χ0v) is 16.2. The van der Waals surface area contributed by atoms with Gasteiger partial charge >= 0.3 is 0 Å². The Morgan fingerprint density at radius 1 is 1.07 bits per heavy atom. The van der Waals surface area contributed by atoms with Crippen LogP contribution in [-0.4, -0.2) is 66.5 Å². The lowest BCUT2D eigenvalue weighted by atomic mass is 10.0. The number of anilines is 1. The van der Waals surface area contributed by atoms with Crippen LogP contribution in [0.25, 0.3) is 11.1 Å². The van der Waals surface area contributed by atoms with Crippen LogP contribution in [0.5, 0.6) is 11.5 Å². The molecule has 0 radical (unpaired) electrons. The predicted octanol–water partition coefficient (Wildman–Crippen LogP) is -0.0707. The number of amides is 3. The normalized spacial score (nSPS) is 19.7. The Bertz CT molecular complexity index is 1070. The quantitative estimate of drug-likeness (QED) is 0.720. The van der Waals surface area contributed by atoms with Crippen LogP contribution < -0.4 is 20.5 Å². The third-order valence-electron chi connectivity index (χ3n) is 5.72. The molecule has 3 amide bonds. The number of carbonyl (C=O) groups excluding carboxylic acids is 3. The topological polar surface area (TPSA) is 116 Å². The molecule has 0 aliphatic carbocycles. The van der Waals surface area contributed by atoms with Crippen molar-refractivity contribution in [2.45, 2.75) is 6.04 Å². The number of quaternary nitrogens is 1. The van der Waals surface area contributed by atoms with Crippen molar-refractivity contribution < 1.29 is 29.6 Å². The highest BCUT2D eigenvalue weighted by atomic mass is 16.7. The summed E-state index contributed by atoms with van der Waals surface area (Å²) in [7, 11) is 0. The number of rotatable bonds is 2. The van der Waals surface area contributed by atoms with Crippen molar-refractivity contribution in [2.24, 2.45) is 0 Å². The summed E-state index contributed by atoms with van der Waals surface area (Å²) in [5, 5.41) is 2.85. The average Bonchev–Trinajstić information content (AvgIpc) is 3.22. The van der Waals surface area contributed by atoms with Gasteiger partial charge in [0, 0.05) is 13.1 Å². The van der Waals surface area contributed by atoms with Gasteiger partial charge in [0.1, 0.15) is 6.04 Å². The zero-order valence-electron chi connectivity index (χ0n) is 16.2. The smallest absolute Gasteiger partial charge is 0.277 e. The number of carbonyl (C=O) groups is 3. The van der Waals surface area contributed by atoms with Gasteiger partial charge in [-0.05, 0) is 35.4 Å². The molecule has 0 spiro atoms. The summed E-state index contributed by atoms with van der Waals surface area (Å²) in [6.45, 7) is 1.19. The molecule has 154 valence electrons. The maximum Gasteiger partial charge on any atom is 0.277 e. The van der Waals surface area contributed by atoms with E-state index in [1.165, 1.54) is 0 Å². The largest absolute Gasteiger partial charge is 0.454 e. The number of ether oxygens (including phenoxy) is 2. The van der Waals surface area contributed by atoms with Crippen molar-refractivity contribution in [3.63, 3.8) is 0 Å². The van der Waals surface area contributed by atoms with Gasteiger partial charge in [0.15, 0.2) is 18.0 Å². The number of nitrogens with one attached hydrogen (secondary N) is 1. The zero-order chi connectivity index (χ0) is 20.8. The van der Waals surface area contributed by atoms with Gasteiger partial charge in [-0.15, -0.1) is 0 Å². The summed E-state index contributed by atoms with van der Waals surface area (Å²) < 4.78 is 10.8. The van der Waals surface area contributed by atoms with Gasteiger partial charge in [0.25, 0.3) is 11.8 Å². The monoisotopic (exact) mass is 409 g/mol. The van der Waals surface area contributed by atoms with E-state index >= 15 is 0 Å². The van der Waals surface area contributed by atoms with Crippen LogP contribution in [0.4, 0.5) is 5.69 Å². The van der Waals surface area contributed by atoms with Crippen molar-refractivity contribution in [3.05, 3.63) is 42.0 Å². The van der Waals surface area contributed by atoms with E-state index in [2.05, 4.69) is 11.1 Å². The van der Waals surface area contributed by atoms with Crippen LogP contribution in [0, 0.1) is 0 Å². The van der Waals surface area contributed by atoms with E-state index < -0.39 is 6.04 Å². The second kappa shape index (κ2) is 7.03. The Morgan fingerprint density at radius 2 is 1.83 bits per heavy atom. The molecule has 5 rings (SSSR count). The van der Waals surface area contributed by atoms with Crippen molar-refractivity contribution in [3.8, 4) is 22.6 Å². The second-order valence-corrected chi connectivity index (χ2v) is 7.42. The molecule has 9 heteroatoms. The van der Waals surface area contributed by atoms with Gasteiger partial charge in [-0.1, -0.05) is 12.1 Å². The summed E-state index contributed by atoms with van der Waals surface area (Å²) in [5.41, 5.74) is 6.24. The van der Waals surface area contributed by atoms with Crippen LogP contribution >= 0.6 is 0 Å². The molecule has 3 aliphatic rings. The van der Waals surface area contributed by atoms with Crippen LogP contribution in [0.1, 0.15) is 10.4 Å². The fourth-order valence-corrected chi connectivity index (χ4v) is 4.09. The summed E-state index contributed by atoms with van der Waals surface area (Å²) in [6.07, 6.45) is 0. The molecule has 0 aromatic heterocycles. The highest BCUT2D eigenvalue weighted by Crippen LogP contribution is 2.37. The molecular formula is C21H21N4O5+. The molecule has 4 N–H and O–H groups in total. The maximum absolute atomic E-state index is 13.3. The first-order valence-corrected chi connectivity index (χ1v) is 9.78. The lowest BCUT2D eigenvalue weighted by Gasteiger charge is -2.38. The molecule has 2 aromatic rings. The summed E-state index contributed by atoms with van der Waals surface area (Å²) in [5.74, 6) is 0.710. The standard InChI is InChI=1S/C21H20N4O5/c22-9-19(26)24-5-6-25-16(10-24)20(27)23-15-3-1-12(7-14(15)21(25)28)13-2-4-17-18(8-13)30-11-29-17/h1-4,7-8,16H,5-6,9-11,22H2,(H,23,27)/p+1/t16-/m0/s1. The van der Waals surface area contributed by atoms with Crippen molar-refractivity contribution >= 4 is 23.4 Å². The molecule has 3 heterocycles. The molecule has 1 fully saturated rings. The molecule has 1 saturated heterocycles. The van der Waals surface area contributed by atoms with Crippen LogP contribution in [-0.2, 0) is 9.59 Å². The first-order valence-electron chi connectivity index (χ1n) is 9.78. The Hall–Kier alpha value is -3.59. The lowest BCUT2D eigenvalue weighted by Crippen LogP contribution is -2.64. The van der Waals surface area contributed by atoms with Crippen LogP contribution in [0.2, 0.25) is 0 Å². The number of benzene rings is 2. The first kappa shape index (κ1) is 18.4. The molecule has 9 nitrogen and oxygen atoms in total. The minimum absolute atomic E-state index is 0.123. The Balaban J connectivity index is 1.48. The van der Waals surface area contributed by atoms with Gasteiger partial charge in [-0.2, -0.15) is 0 Å². The Kier molecular flexibility index (Phi) is 4.32. The fourth-order valence-electron chi connectivity index (χ4n) is 4.09.